The van der Waals surface area contributed by atoms with E-state index in [1.807, 2.05) is 18.4 Å². The van der Waals surface area contributed by atoms with E-state index in [1.54, 1.807) is 29.1 Å². The molecule has 6 heteroatoms. The molecule has 0 radical (unpaired) electrons. The number of aromatic carboxylic acids is 1. The van der Waals surface area contributed by atoms with Crippen LogP contribution in [-0.2, 0) is 6.54 Å². The van der Waals surface area contributed by atoms with Gasteiger partial charge in [-0.25, -0.2) is 4.79 Å². The van der Waals surface area contributed by atoms with Crippen molar-refractivity contribution in [3.63, 3.8) is 0 Å². The van der Waals surface area contributed by atoms with Gasteiger partial charge in [-0.2, -0.15) is 0 Å². The second-order valence-corrected chi connectivity index (χ2v) is 5.33. The topological polar surface area (TPSA) is 62.2 Å². The third-order valence-corrected chi connectivity index (χ3v) is 3.96. The lowest BCUT2D eigenvalue weighted by Gasteiger charge is -2.11. The van der Waals surface area contributed by atoms with Crippen molar-refractivity contribution in [2.24, 2.45) is 0 Å². The van der Waals surface area contributed by atoms with Gasteiger partial charge in [-0.05, 0) is 18.4 Å². The minimum absolute atomic E-state index is 0.328. The van der Waals surface area contributed by atoms with Crippen LogP contribution >= 0.6 is 23.1 Å². The normalized spacial score (nSPS) is 10.3. The van der Waals surface area contributed by atoms with Crippen molar-refractivity contribution >= 4 is 34.8 Å². The first-order valence-electron chi connectivity index (χ1n) is 5.24. The van der Waals surface area contributed by atoms with Crippen LogP contribution in [0.3, 0.4) is 0 Å². The number of carboxylic acids is 1. The molecule has 2 aromatic rings. The summed E-state index contributed by atoms with van der Waals surface area (Å²) in [5.41, 5.74) is 2.73. The molecule has 2 N–H and O–H groups in total. The lowest BCUT2D eigenvalue weighted by Crippen LogP contribution is -2.07. The zero-order valence-electron chi connectivity index (χ0n) is 9.71. The molecule has 4 nitrogen and oxygen atoms in total. The Morgan fingerprint density at radius 3 is 3.00 bits per heavy atom. The molecule has 0 saturated carbocycles. The number of hydrogen-bond donors (Lipinski definition) is 2. The molecule has 0 unspecified atom stereocenters. The zero-order chi connectivity index (χ0) is 13.0. The summed E-state index contributed by atoms with van der Waals surface area (Å²) in [6, 6.07) is 5.45. The van der Waals surface area contributed by atoms with Crippen LogP contribution in [0.15, 0.2) is 34.8 Å². The number of thioether (sulfide) groups is 1. The lowest BCUT2D eigenvalue weighted by molar-refractivity contribution is 0.0694. The second kappa shape index (κ2) is 5.88. The van der Waals surface area contributed by atoms with Crippen molar-refractivity contribution in [1.29, 1.82) is 0 Å². The van der Waals surface area contributed by atoms with Crippen LogP contribution in [0.2, 0.25) is 0 Å². The summed E-state index contributed by atoms with van der Waals surface area (Å²) in [4.78, 5) is 17.1. The van der Waals surface area contributed by atoms with Crippen molar-refractivity contribution in [2.45, 2.75) is 11.4 Å². The number of carboxylic acid groups (broad SMARTS) is 1. The molecule has 0 atom stereocenters. The third-order valence-electron chi connectivity index (χ3n) is 2.40. The van der Waals surface area contributed by atoms with Gasteiger partial charge in [0.2, 0.25) is 0 Å². The van der Waals surface area contributed by atoms with Gasteiger partial charge in [0.05, 0.1) is 23.3 Å². The minimum atomic E-state index is -0.910. The molecule has 0 aliphatic rings. The number of aromatic nitrogens is 1. The highest BCUT2D eigenvalue weighted by atomic mass is 32.2. The van der Waals surface area contributed by atoms with Gasteiger partial charge in [0, 0.05) is 16.0 Å². The van der Waals surface area contributed by atoms with E-state index in [0.717, 1.165) is 9.77 Å². The Balaban J connectivity index is 2.24. The van der Waals surface area contributed by atoms with Crippen LogP contribution in [0.25, 0.3) is 0 Å². The fourth-order valence-electron chi connectivity index (χ4n) is 1.58. The maximum atomic E-state index is 11.3. The fraction of sp³-hybridized carbons (Fsp3) is 0.167. The van der Waals surface area contributed by atoms with Crippen LogP contribution in [-0.4, -0.2) is 22.3 Å². The van der Waals surface area contributed by atoms with Gasteiger partial charge in [0.1, 0.15) is 0 Å². The summed E-state index contributed by atoms with van der Waals surface area (Å²) in [6.45, 7) is 0.586. The molecule has 0 bridgehead atoms. The van der Waals surface area contributed by atoms with E-state index in [2.05, 4.69) is 10.3 Å². The van der Waals surface area contributed by atoms with Gasteiger partial charge in [-0.15, -0.1) is 23.1 Å². The molecular formula is C12H12N2O2S2. The van der Waals surface area contributed by atoms with Crippen LogP contribution in [0.1, 0.15) is 15.2 Å². The third kappa shape index (κ3) is 2.83. The Bertz CT molecular complexity index is 541. The summed E-state index contributed by atoms with van der Waals surface area (Å²) in [6.07, 6.45) is 3.64. The number of nitrogens with zero attached hydrogens (tertiary/aromatic N) is 1. The van der Waals surface area contributed by atoms with E-state index in [-0.39, 0.29) is 0 Å². The van der Waals surface area contributed by atoms with E-state index >= 15 is 0 Å². The molecule has 0 spiro atoms. The minimum Gasteiger partial charge on any atom is -0.478 e. The molecule has 2 rings (SSSR count). The van der Waals surface area contributed by atoms with Gasteiger partial charge < -0.3 is 10.4 Å². The Kier molecular flexibility index (Phi) is 4.22. The maximum absolute atomic E-state index is 11.3. The number of carbonyl (C=O) groups is 1. The SMILES string of the molecule is CSc1cccc(NCc2cncs2)c1C(=O)O. The smallest absolute Gasteiger partial charge is 0.338 e. The Morgan fingerprint density at radius 2 is 2.39 bits per heavy atom. The van der Waals surface area contributed by atoms with Crippen molar-refractivity contribution in [3.05, 3.63) is 40.3 Å². The average molecular weight is 280 g/mol. The molecular weight excluding hydrogens is 268 g/mol. The first-order valence-corrected chi connectivity index (χ1v) is 7.34. The summed E-state index contributed by atoms with van der Waals surface area (Å²) in [5, 5.41) is 12.4. The molecule has 1 aromatic carbocycles. The Hall–Kier alpha value is -1.53. The van der Waals surface area contributed by atoms with Crippen molar-refractivity contribution in [3.8, 4) is 0 Å². The van der Waals surface area contributed by atoms with Gasteiger partial charge >= 0.3 is 5.97 Å². The van der Waals surface area contributed by atoms with E-state index in [1.165, 1.54) is 11.8 Å². The molecule has 0 amide bonds. The highest BCUT2D eigenvalue weighted by molar-refractivity contribution is 7.98. The number of rotatable bonds is 5. The van der Waals surface area contributed by atoms with E-state index in [4.69, 9.17) is 0 Å². The molecule has 94 valence electrons. The fourth-order valence-corrected chi connectivity index (χ4v) is 2.73. The number of anilines is 1. The van der Waals surface area contributed by atoms with Crippen LogP contribution in [0.4, 0.5) is 5.69 Å². The lowest BCUT2D eigenvalue weighted by atomic mass is 10.1. The van der Waals surface area contributed by atoms with Gasteiger partial charge in [0.25, 0.3) is 0 Å². The largest absolute Gasteiger partial charge is 0.478 e. The Morgan fingerprint density at radius 1 is 1.56 bits per heavy atom. The van der Waals surface area contributed by atoms with E-state index in [9.17, 15) is 9.90 Å². The summed E-state index contributed by atoms with van der Waals surface area (Å²) in [7, 11) is 0. The molecule has 0 aliphatic carbocycles. The van der Waals surface area contributed by atoms with Gasteiger partial charge in [0.15, 0.2) is 0 Å². The quantitative estimate of drug-likeness (QED) is 0.824. The van der Waals surface area contributed by atoms with Crippen LogP contribution < -0.4 is 5.32 Å². The molecule has 0 fully saturated rings. The first-order chi connectivity index (χ1) is 8.72. The van der Waals surface area contributed by atoms with Gasteiger partial charge in [-0.1, -0.05) is 6.07 Å². The maximum Gasteiger partial charge on any atom is 0.338 e. The zero-order valence-corrected chi connectivity index (χ0v) is 11.3. The van der Waals surface area contributed by atoms with E-state index < -0.39 is 5.97 Å². The molecule has 18 heavy (non-hydrogen) atoms. The van der Waals surface area contributed by atoms with Crippen molar-refractivity contribution in [2.75, 3.05) is 11.6 Å². The monoisotopic (exact) mass is 280 g/mol. The predicted molar refractivity (Wildman–Crippen MR) is 74.6 cm³/mol. The summed E-state index contributed by atoms with van der Waals surface area (Å²) in [5.74, 6) is -0.910. The highest BCUT2D eigenvalue weighted by Crippen LogP contribution is 2.27. The number of benzene rings is 1. The summed E-state index contributed by atoms with van der Waals surface area (Å²) < 4.78 is 0. The van der Waals surface area contributed by atoms with Crippen molar-refractivity contribution in [1.82, 2.24) is 4.98 Å². The van der Waals surface area contributed by atoms with Gasteiger partial charge in [-0.3, -0.25) is 4.98 Å². The number of hydrogen-bond acceptors (Lipinski definition) is 5. The number of nitrogens with one attached hydrogen (secondary N) is 1. The standard InChI is InChI=1S/C12H12N2O2S2/c1-17-10-4-2-3-9(11(10)12(15)16)14-6-8-5-13-7-18-8/h2-5,7,14H,6H2,1H3,(H,15,16). The first kappa shape index (κ1) is 12.9. The molecule has 1 heterocycles. The summed E-state index contributed by atoms with van der Waals surface area (Å²) >= 11 is 2.97. The highest BCUT2D eigenvalue weighted by Gasteiger charge is 2.14. The number of thiazole rings is 1. The Labute approximate surface area is 113 Å². The van der Waals surface area contributed by atoms with Crippen molar-refractivity contribution < 1.29 is 9.90 Å². The molecule has 0 aliphatic heterocycles. The molecule has 1 aromatic heterocycles. The van der Waals surface area contributed by atoms with E-state index in [0.29, 0.717) is 17.8 Å². The molecule has 0 saturated heterocycles. The predicted octanol–water partition coefficient (Wildman–Crippen LogP) is 3.18. The average Bonchev–Trinajstić information content (AvgIpc) is 2.88. The van der Waals surface area contributed by atoms with Crippen LogP contribution in [0.5, 0.6) is 0 Å². The van der Waals surface area contributed by atoms with Crippen LogP contribution in [0, 0.1) is 0 Å². The second-order valence-electron chi connectivity index (χ2n) is 3.51.